The maximum Gasteiger partial charge on any atom is 0.338 e. The number of ether oxygens (including phenoxy) is 3. The normalized spacial score (nSPS) is 10.1. The molecule has 2 aromatic carbocycles. The van der Waals surface area contributed by atoms with Crippen molar-refractivity contribution >= 4 is 17.6 Å². The van der Waals surface area contributed by atoms with E-state index in [-0.39, 0.29) is 6.61 Å². The molecule has 0 fully saturated rings. The summed E-state index contributed by atoms with van der Waals surface area (Å²) in [5, 5.41) is 2.65. The second kappa shape index (κ2) is 10.1. The van der Waals surface area contributed by atoms with E-state index in [1.165, 1.54) is 0 Å². The van der Waals surface area contributed by atoms with Gasteiger partial charge in [0.2, 0.25) is 0 Å². The van der Waals surface area contributed by atoms with Crippen LogP contribution in [0, 0.1) is 0 Å². The maximum atomic E-state index is 12.0. The van der Waals surface area contributed by atoms with Crippen LogP contribution in [0.4, 0.5) is 5.69 Å². The molecule has 138 valence electrons. The van der Waals surface area contributed by atoms with Crippen molar-refractivity contribution < 1.29 is 23.8 Å². The van der Waals surface area contributed by atoms with Crippen LogP contribution in [0.2, 0.25) is 0 Å². The van der Waals surface area contributed by atoms with Crippen LogP contribution in [-0.4, -0.2) is 32.2 Å². The molecule has 1 N–H and O–H groups in total. The van der Waals surface area contributed by atoms with Crippen molar-refractivity contribution in [3.8, 4) is 11.5 Å². The van der Waals surface area contributed by atoms with Gasteiger partial charge in [-0.2, -0.15) is 0 Å². The van der Waals surface area contributed by atoms with Gasteiger partial charge in [-0.05, 0) is 42.8 Å². The molecule has 0 aliphatic rings. The van der Waals surface area contributed by atoms with Crippen LogP contribution in [0.3, 0.4) is 0 Å². The number of hydrogen-bond donors (Lipinski definition) is 1. The molecule has 6 nitrogen and oxygen atoms in total. The largest absolute Gasteiger partial charge is 0.497 e. The Balaban J connectivity index is 1.80. The van der Waals surface area contributed by atoms with Crippen LogP contribution in [0.1, 0.15) is 30.1 Å². The summed E-state index contributed by atoms with van der Waals surface area (Å²) in [4.78, 5) is 23.9. The van der Waals surface area contributed by atoms with E-state index in [1.807, 2.05) is 0 Å². The van der Waals surface area contributed by atoms with Gasteiger partial charge in [-0.25, -0.2) is 4.79 Å². The Morgan fingerprint density at radius 3 is 2.50 bits per heavy atom. The van der Waals surface area contributed by atoms with E-state index in [9.17, 15) is 9.59 Å². The monoisotopic (exact) mass is 357 g/mol. The minimum Gasteiger partial charge on any atom is -0.497 e. The number of amides is 1. The number of benzene rings is 2. The Hall–Kier alpha value is -3.02. The molecule has 2 aromatic rings. The third-order valence-electron chi connectivity index (χ3n) is 3.54. The number of methoxy groups -OCH3 is 1. The van der Waals surface area contributed by atoms with Crippen molar-refractivity contribution in [3.63, 3.8) is 0 Å². The molecular weight excluding hydrogens is 334 g/mol. The summed E-state index contributed by atoms with van der Waals surface area (Å²) in [6.45, 7) is 2.36. The zero-order valence-electron chi connectivity index (χ0n) is 15.0. The van der Waals surface area contributed by atoms with Gasteiger partial charge in [0, 0.05) is 11.8 Å². The fraction of sp³-hybridized carbons (Fsp3) is 0.300. The second-order valence-electron chi connectivity index (χ2n) is 5.58. The minimum atomic E-state index is -0.564. The lowest BCUT2D eigenvalue weighted by atomic mass is 10.2. The Morgan fingerprint density at radius 1 is 1.04 bits per heavy atom. The molecule has 0 saturated carbocycles. The van der Waals surface area contributed by atoms with E-state index in [0.29, 0.717) is 29.4 Å². The first-order chi connectivity index (χ1) is 12.6. The summed E-state index contributed by atoms with van der Waals surface area (Å²) in [5.74, 6) is 0.337. The standard InChI is InChI=1S/C20H23NO5/c1-3-4-12-25-17-10-8-15(9-11-17)20(23)26-14-19(22)21-16-6-5-7-18(13-16)24-2/h5-11,13H,3-4,12,14H2,1-2H3,(H,21,22). The summed E-state index contributed by atoms with van der Waals surface area (Å²) < 4.78 is 15.7. The summed E-state index contributed by atoms with van der Waals surface area (Å²) >= 11 is 0. The van der Waals surface area contributed by atoms with Crippen molar-refractivity contribution in [2.45, 2.75) is 19.8 Å². The van der Waals surface area contributed by atoms with Gasteiger partial charge in [0.25, 0.3) is 5.91 Å². The van der Waals surface area contributed by atoms with E-state index in [1.54, 1.807) is 55.6 Å². The molecule has 0 bridgehead atoms. The van der Waals surface area contributed by atoms with Crippen molar-refractivity contribution in [3.05, 3.63) is 54.1 Å². The first-order valence-corrected chi connectivity index (χ1v) is 8.46. The van der Waals surface area contributed by atoms with E-state index < -0.39 is 11.9 Å². The molecule has 0 aliphatic carbocycles. The molecule has 0 heterocycles. The van der Waals surface area contributed by atoms with Crippen molar-refractivity contribution in [1.29, 1.82) is 0 Å². The number of anilines is 1. The van der Waals surface area contributed by atoms with Crippen molar-refractivity contribution in [2.75, 3.05) is 25.6 Å². The number of rotatable bonds is 9. The Morgan fingerprint density at radius 2 is 1.81 bits per heavy atom. The molecule has 2 rings (SSSR count). The summed E-state index contributed by atoms with van der Waals surface area (Å²) in [6.07, 6.45) is 2.04. The lowest BCUT2D eigenvalue weighted by molar-refractivity contribution is -0.119. The molecule has 0 radical (unpaired) electrons. The molecule has 0 aromatic heterocycles. The molecule has 0 atom stereocenters. The Kier molecular flexibility index (Phi) is 7.49. The smallest absolute Gasteiger partial charge is 0.338 e. The number of esters is 1. The summed E-state index contributed by atoms with van der Waals surface area (Å²) in [7, 11) is 1.54. The predicted molar refractivity (Wildman–Crippen MR) is 98.8 cm³/mol. The lowest BCUT2D eigenvalue weighted by Gasteiger charge is -2.08. The minimum absolute atomic E-state index is 0.363. The molecule has 1 amide bonds. The zero-order chi connectivity index (χ0) is 18.8. The zero-order valence-corrected chi connectivity index (χ0v) is 15.0. The van der Waals surface area contributed by atoms with E-state index >= 15 is 0 Å². The van der Waals surface area contributed by atoms with E-state index in [4.69, 9.17) is 14.2 Å². The number of carbonyl (C=O) groups excluding carboxylic acids is 2. The molecule has 0 aliphatic heterocycles. The molecule has 0 saturated heterocycles. The molecule has 6 heteroatoms. The highest BCUT2D eigenvalue weighted by Gasteiger charge is 2.11. The van der Waals surface area contributed by atoms with Crippen LogP contribution in [0.15, 0.2) is 48.5 Å². The second-order valence-corrected chi connectivity index (χ2v) is 5.58. The van der Waals surface area contributed by atoms with E-state index in [2.05, 4.69) is 12.2 Å². The van der Waals surface area contributed by atoms with Crippen LogP contribution < -0.4 is 14.8 Å². The Labute approximate surface area is 153 Å². The van der Waals surface area contributed by atoms with Gasteiger partial charge in [0.1, 0.15) is 11.5 Å². The van der Waals surface area contributed by atoms with Gasteiger partial charge in [0.15, 0.2) is 6.61 Å². The SMILES string of the molecule is CCCCOc1ccc(C(=O)OCC(=O)Nc2cccc(OC)c2)cc1. The number of nitrogens with one attached hydrogen (secondary N) is 1. The van der Waals surface area contributed by atoms with Gasteiger partial charge in [0.05, 0.1) is 19.3 Å². The van der Waals surface area contributed by atoms with Gasteiger partial charge in [-0.3, -0.25) is 4.79 Å². The highest BCUT2D eigenvalue weighted by Crippen LogP contribution is 2.17. The maximum absolute atomic E-state index is 12.0. The van der Waals surface area contributed by atoms with Gasteiger partial charge < -0.3 is 19.5 Å². The third kappa shape index (κ3) is 6.12. The summed E-state index contributed by atoms with van der Waals surface area (Å²) in [5.41, 5.74) is 0.931. The Bertz CT molecular complexity index is 727. The topological polar surface area (TPSA) is 73.9 Å². The van der Waals surface area contributed by atoms with Gasteiger partial charge in [-0.15, -0.1) is 0 Å². The fourth-order valence-electron chi connectivity index (χ4n) is 2.13. The van der Waals surface area contributed by atoms with E-state index in [0.717, 1.165) is 12.8 Å². The van der Waals surface area contributed by atoms with Crippen LogP contribution >= 0.6 is 0 Å². The van der Waals surface area contributed by atoms with Gasteiger partial charge >= 0.3 is 5.97 Å². The summed E-state index contributed by atoms with van der Waals surface area (Å²) in [6, 6.07) is 13.6. The predicted octanol–water partition coefficient (Wildman–Crippen LogP) is 3.67. The highest BCUT2D eigenvalue weighted by atomic mass is 16.5. The van der Waals surface area contributed by atoms with Gasteiger partial charge in [-0.1, -0.05) is 19.4 Å². The molecule has 26 heavy (non-hydrogen) atoms. The lowest BCUT2D eigenvalue weighted by Crippen LogP contribution is -2.20. The van der Waals surface area contributed by atoms with Crippen LogP contribution in [0.25, 0.3) is 0 Å². The van der Waals surface area contributed by atoms with Crippen molar-refractivity contribution in [1.82, 2.24) is 0 Å². The van der Waals surface area contributed by atoms with Crippen molar-refractivity contribution in [2.24, 2.45) is 0 Å². The van der Waals surface area contributed by atoms with Crippen LogP contribution in [0.5, 0.6) is 11.5 Å². The third-order valence-corrected chi connectivity index (χ3v) is 3.54. The quantitative estimate of drug-likeness (QED) is 0.547. The molecule has 0 unspecified atom stereocenters. The fourth-order valence-corrected chi connectivity index (χ4v) is 2.13. The highest BCUT2D eigenvalue weighted by molar-refractivity contribution is 5.95. The average molecular weight is 357 g/mol. The number of carbonyl (C=O) groups is 2. The van der Waals surface area contributed by atoms with Crippen LogP contribution in [-0.2, 0) is 9.53 Å². The first kappa shape index (κ1) is 19.3. The molecule has 0 spiro atoms. The number of unbranched alkanes of at least 4 members (excludes halogenated alkanes) is 1. The number of hydrogen-bond acceptors (Lipinski definition) is 5. The average Bonchev–Trinajstić information content (AvgIpc) is 2.67. The first-order valence-electron chi connectivity index (χ1n) is 8.46. The molecular formula is C20H23NO5.